The average Bonchev–Trinajstić information content (AvgIpc) is 2.61. The number of ether oxygens (including phenoxy) is 5. The third kappa shape index (κ3) is 11.2. The fourth-order valence-electron chi connectivity index (χ4n) is 2.07. The number of benzene rings is 1. The van der Waals surface area contributed by atoms with Crippen LogP contribution in [-0.2, 0) is 23.7 Å². The molecule has 0 saturated heterocycles. The van der Waals surface area contributed by atoms with E-state index in [-0.39, 0.29) is 19.0 Å². The van der Waals surface area contributed by atoms with Crippen molar-refractivity contribution in [2.24, 2.45) is 0 Å². The SMILES string of the molecule is Cc1ccc(OC(=O)CCOCCOCCOCCOCCO)c(C)c1. The molecule has 148 valence electrons. The lowest BCUT2D eigenvalue weighted by Gasteiger charge is -2.09. The van der Waals surface area contributed by atoms with Gasteiger partial charge < -0.3 is 28.8 Å². The fraction of sp³-hybridized carbons (Fsp3) is 0.632. The summed E-state index contributed by atoms with van der Waals surface area (Å²) in [5.41, 5.74) is 2.07. The van der Waals surface area contributed by atoms with Crippen molar-refractivity contribution in [3.63, 3.8) is 0 Å². The van der Waals surface area contributed by atoms with Gasteiger partial charge in [-0.1, -0.05) is 17.7 Å². The van der Waals surface area contributed by atoms with Crippen molar-refractivity contribution in [1.82, 2.24) is 0 Å². The first-order valence-corrected chi connectivity index (χ1v) is 8.83. The summed E-state index contributed by atoms with van der Waals surface area (Å²) in [6.07, 6.45) is 0.199. The predicted molar refractivity (Wildman–Crippen MR) is 96.5 cm³/mol. The Hall–Kier alpha value is -1.51. The van der Waals surface area contributed by atoms with Crippen molar-refractivity contribution >= 4 is 5.97 Å². The molecular formula is C19H30O7. The highest BCUT2D eigenvalue weighted by Gasteiger charge is 2.07. The average molecular weight is 370 g/mol. The van der Waals surface area contributed by atoms with Crippen molar-refractivity contribution in [3.8, 4) is 5.75 Å². The Morgan fingerprint density at radius 2 is 1.38 bits per heavy atom. The number of hydrogen-bond acceptors (Lipinski definition) is 7. The number of aliphatic hydroxyl groups excluding tert-OH is 1. The van der Waals surface area contributed by atoms with Crippen molar-refractivity contribution in [2.45, 2.75) is 20.3 Å². The second-order valence-corrected chi connectivity index (χ2v) is 5.67. The van der Waals surface area contributed by atoms with Gasteiger partial charge in [-0.25, -0.2) is 0 Å². The molecule has 1 aromatic carbocycles. The summed E-state index contributed by atoms with van der Waals surface area (Å²) in [5.74, 6) is 0.278. The molecule has 0 amide bonds. The number of carbonyl (C=O) groups is 1. The van der Waals surface area contributed by atoms with E-state index in [0.717, 1.165) is 11.1 Å². The Labute approximate surface area is 155 Å². The second kappa shape index (κ2) is 14.6. The number of aryl methyl sites for hydroxylation is 2. The largest absolute Gasteiger partial charge is 0.426 e. The minimum absolute atomic E-state index is 0.0203. The van der Waals surface area contributed by atoms with Gasteiger partial charge in [0.15, 0.2) is 0 Å². The molecule has 0 aromatic heterocycles. The minimum atomic E-state index is -0.310. The molecule has 0 saturated carbocycles. The zero-order valence-electron chi connectivity index (χ0n) is 15.7. The Morgan fingerprint density at radius 3 is 1.92 bits per heavy atom. The van der Waals surface area contributed by atoms with E-state index in [0.29, 0.717) is 58.6 Å². The van der Waals surface area contributed by atoms with E-state index in [2.05, 4.69) is 0 Å². The van der Waals surface area contributed by atoms with Crippen LogP contribution in [0.2, 0.25) is 0 Å². The summed E-state index contributed by atoms with van der Waals surface area (Å²) in [5, 5.41) is 8.52. The van der Waals surface area contributed by atoms with Gasteiger partial charge in [-0.3, -0.25) is 4.79 Å². The molecule has 0 unspecified atom stereocenters. The Kier molecular flexibility index (Phi) is 12.7. The summed E-state index contributed by atoms with van der Waals surface area (Å²) in [6, 6.07) is 5.69. The van der Waals surface area contributed by atoms with Crippen molar-refractivity contribution in [1.29, 1.82) is 0 Å². The molecule has 0 heterocycles. The highest BCUT2D eigenvalue weighted by molar-refractivity contribution is 5.72. The van der Waals surface area contributed by atoms with Gasteiger partial charge in [0.25, 0.3) is 0 Å². The van der Waals surface area contributed by atoms with Crippen LogP contribution in [0.15, 0.2) is 18.2 Å². The molecular weight excluding hydrogens is 340 g/mol. The number of carbonyl (C=O) groups excluding carboxylic acids is 1. The number of aliphatic hydroxyl groups is 1. The molecule has 7 nitrogen and oxygen atoms in total. The van der Waals surface area contributed by atoms with Crippen LogP contribution in [0.5, 0.6) is 5.75 Å². The quantitative estimate of drug-likeness (QED) is 0.286. The normalized spacial score (nSPS) is 10.9. The van der Waals surface area contributed by atoms with E-state index in [1.807, 2.05) is 26.0 Å². The Bertz CT molecular complexity index is 505. The highest BCUT2D eigenvalue weighted by atomic mass is 16.6. The lowest BCUT2D eigenvalue weighted by atomic mass is 10.1. The van der Waals surface area contributed by atoms with E-state index in [4.69, 9.17) is 28.8 Å². The van der Waals surface area contributed by atoms with E-state index >= 15 is 0 Å². The van der Waals surface area contributed by atoms with E-state index in [1.54, 1.807) is 6.07 Å². The first kappa shape index (κ1) is 22.5. The standard InChI is InChI=1S/C19H30O7/c1-16-3-4-18(17(2)15-16)26-19(21)5-7-22-9-11-24-13-14-25-12-10-23-8-6-20/h3-4,15,20H,5-14H2,1-2H3. The third-order valence-electron chi connectivity index (χ3n) is 3.36. The molecule has 0 aliphatic carbocycles. The summed E-state index contributed by atoms with van der Waals surface area (Å²) in [7, 11) is 0. The smallest absolute Gasteiger partial charge is 0.313 e. The van der Waals surface area contributed by atoms with E-state index in [1.165, 1.54) is 0 Å². The summed E-state index contributed by atoms with van der Waals surface area (Å²) < 4.78 is 26.3. The molecule has 0 spiro atoms. The Balaban J connectivity index is 1.92. The summed E-state index contributed by atoms with van der Waals surface area (Å²) in [6.45, 7) is 7.29. The van der Waals surface area contributed by atoms with Crippen LogP contribution in [0.3, 0.4) is 0 Å². The van der Waals surface area contributed by atoms with Crippen molar-refractivity contribution < 1.29 is 33.6 Å². The van der Waals surface area contributed by atoms with Gasteiger partial charge >= 0.3 is 5.97 Å². The van der Waals surface area contributed by atoms with Gasteiger partial charge in [0.1, 0.15) is 5.75 Å². The predicted octanol–water partition coefficient (Wildman–Crippen LogP) is 1.66. The molecule has 7 heteroatoms. The van der Waals surface area contributed by atoms with E-state index in [9.17, 15) is 4.79 Å². The molecule has 1 N–H and O–H groups in total. The number of esters is 1. The first-order chi connectivity index (χ1) is 12.6. The zero-order valence-corrected chi connectivity index (χ0v) is 15.7. The molecule has 0 fully saturated rings. The van der Waals surface area contributed by atoms with Gasteiger partial charge in [-0.05, 0) is 25.5 Å². The van der Waals surface area contributed by atoms with Crippen LogP contribution in [-0.4, -0.2) is 70.5 Å². The van der Waals surface area contributed by atoms with Crippen LogP contribution in [0, 0.1) is 13.8 Å². The topological polar surface area (TPSA) is 83.5 Å². The van der Waals surface area contributed by atoms with Crippen molar-refractivity contribution in [2.75, 3.05) is 59.5 Å². The fourth-order valence-corrected chi connectivity index (χ4v) is 2.07. The maximum absolute atomic E-state index is 11.8. The molecule has 1 rings (SSSR count). The van der Waals surface area contributed by atoms with Gasteiger partial charge in [-0.2, -0.15) is 0 Å². The maximum Gasteiger partial charge on any atom is 0.313 e. The molecule has 0 radical (unpaired) electrons. The maximum atomic E-state index is 11.8. The van der Waals surface area contributed by atoms with Crippen LogP contribution in [0.1, 0.15) is 17.5 Å². The zero-order chi connectivity index (χ0) is 19.0. The first-order valence-electron chi connectivity index (χ1n) is 8.83. The molecule has 0 aliphatic rings. The monoisotopic (exact) mass is 370 g/mol. The van der Waals surface area contributed by atoms with Gasteiger partial charge in [0.2, 0.25) is 0 Å². The van der Waals surface area contributed by atoms with Gasteiger partial charge in [-0.15, -0.1) is 0 Å². The third-order valence-corrected chi connectivity index (χ3v) is 3.36. The highest BCUT2D eigenvalue weighted by Crippen LogP contribution is 2.19. The van der Waals surface area contributed by atoms with Crippen LogP contribution in [0.25, 0.3) is 0 Å². The van der Waals surface area contributed by atoms with Crippen molar-refractivity contribution in [3.05, 3.63) is 29.3 Å². The van der Waals surface area contributed by atoms with Crippen LogP contribution in [0.4, 0.5) is 0 Å². The number of rotatable bonds is 15. The summed E-state index contributed by atoms with van der Waals surface area (Å²) in [4.78, 5) is 11.8. The molecule has 26 heavy (non-hydrogen) atoms. The minimum Gasteiger partial charge on any atom is -0.426 e. The Morgan fingerprint density at radius 1 is 0.846 bits per heavy atom. The lowest BCUT2D eigenvalue weighted by molar-refractivity contribution is -0.135. The molecule has 0 bridgehead atoms. The van der Waals surface area contributed by atoms with Crippen LogP contribution >= 0.6 is 0 Å². The molecule has 0 atom stereocenters. The lowest BCUT2D eigenvalue weighted by Crippen LogP contribution is -2.15. The molecule has 1 aromatic rings. The van der Waals surface area contributed by atoms with Crippen LogP contribution < -0.4 is 4.74 Å². The molecule has 0 aliphatic heterocycles. The van der Waals surface area contributed by atoms with E-state index < -0.39 is 0 Å². The second-order valence-electron chi connectivity index (χ2n) is 5.67. The number of hydrogen-bond donors (Lipinski definition) is 1. The van der Waals surface area contributed by atoms with Gasteiger partial charge in [0.05, 0.1) is 65.9 Å². The van der Waals surface area contributed by atoms with Gasteiger partial charge in [0, 0.05) is 0 Å². The summed E-state index contributed by atoms with van der Waals surface area (Å²) >= 11 is 0.